The van der Waals surface area contributed by atoms with E-state index in [4.69, 9.17) is 27.9 Å². The van der Waals surface area contributed by atoms with Gasteiger partial charge in [-0.2, -0.15) is 13.2 Å². The highest BCUT2D eigenvalue weighted by atomic mass is 35.5. The van der Waals surface area contributed by atoms with Gasteiger partial charge in [-0.1, -0.05) is 29.3 Å². The number of alkyl halides is 3. The van der Waals surface area contributed by atoms with Crippen LogP contribution in [0, 0.1) is 0 Å². The molecule has 1 aromatic carbocycles. The molecule has 0 bridgehead atoms. The molecule has 2 amide bonds. The minimum absolute atomic E-state index is 0.0619. The minimum Gasteiger partial charge on any atom is -0.444 e. The number of rotatable bonds is 6. The van der Waals surface area contributed by atoms with Crippen molar-refractivity contribution < 1.29 is 32.3 Å². The summed E-state index contributed by atoms with van der Waals surface area (Å²) in [6.45, 7) is 4.17. The second-order valence-corrected chi connectivity index (χ2v) is 8.54. The van der Waals surface area contributed by atoms with Gasteiger partial charge in [0.25, 0.3) is 0 Å². The summed E-state index contributed by atoms with van der Waals surface area (Å²) >= 11 is 12.0. The van der Waals surface area contributed by atoms with Crippen LogP contribution >= 0.6 is 23.2 Å². The van der Waals surface area contributed by atoms with Crippen molar-refractivity contribution in [2.45, 2.75) is 44.5 Å². The summed E-state index contributed by atoms with van der Waals surface area (Å²) in [6.07, 6.45) is -6.03. The first-order valence-electron chi connectivity index (χ1n) is 8.73. The van der Waals surface area contributed by atoms with Gasteiger partial charge in [0.15, 0.2) is 0 Å². The van der Waals surface area contributed by atoms with Crippen LogP contribution in [0.15, 0.2) is 18.2 Å². The molecule has 1 rings (SSSR count). The number of hydrogen-bond acceptors (Lipinski definition) is 4. The maximum Gasteiger partial charge on any atom is 0.471 e. The minimum atomic E-state index is -5.14. The highest BCUT2D eigenvalue weighted by Gasteiger charge is 2.47. The standard InChI is InChI=1S/C19H23Cl2F3N2O4/c1-17(2,3)30-16(29)26(5)18(8-9-27,11-25(4)15(28)19(22,23)24)12-6-7-13(20)14(21)10-12/h6-7,9-10H,8,11H2,1-5H3. The van der Waals surface area contributed by atoms with Gasteiger partial charge in [0, 0.05) is 27.1 Å². The number of carbonyl (C=O) groups excluding carboxylic acids is 3. The number of ether oxygens (including phenoxy) is 1. The molecule has 0 spiro atoms. The van der Waals surface area contributed by atoms with Gasteiger partial charge in [0.1, 0.15) is 11.9 Å². The maximum absolute atomic E-state index is 13.0. The lowest BCUT2D eigenvalue weighted by molar-refractivity contribution is -0.185. The monoisotopic (exact) mass is 470 g/mol. The van der Waals surface area contributed by atoms with E-state index in [1.165, 1.54) is 25.2 Å². The summed E-state index contributed by atoms with van der Waals surface area (Å²) in [5.41, 5.74) is -2.41. The Morgan fingerprint density at radius 2 is 1.67 bits per heavy atom. The number of halogens is 5. The maximum atomic E-state index is 13.0. The quantitative estimate of drug-likeness (QED) is 0.566. The summed E-state index contributed by atoms with van der Waals surface area (Å²) < 4.78 is 44.2. The van der Waals surface area contributed by atoms with Crippen LogP contribution in [0.4, 0.5) is 18.0 Å². The van der Waals surface area contributed by atoms with E-state index in [2.05, 4.69) is 0 Å². The Bertz CT molecular complexity index is 812. The molecule has 0 aliphatic heterocycles. The predicted molar refractivity (Wildman–Crippen MR) is 107 cm³/mol. The molecule has 6 nitrogen and oxygen atoms in total. The lowest BCUT2D eigenvalue weighted by Crippen LogP contribution is -2.56. The van der Waals surface area contributed by atoms with E-state index in [0.717, 1.165) is 11.9 Å². The van der Waals surface area contributed by atoms with Gasteiger partial charge >= 0.3 is 18.2 Å². The van der Waals surface area contributed by atoms with E-state index in [0.29, 0.717) is 11.2 Å². The van der Waals surface area contributed by atoms with Crippen molar-refractivity contribution in [1.29, 1.82) is 0 Å². The van der Waals surface area contributed by atoms with Crippen molar-refractivity contribution in [2.75, 3.05) is 20.6 Å². The first-order valence-corrected chi connectivity index (χ1v) is 9.49. The Kier molecular flexibility index (Phi) is 8.18. The number of hydrogen-bond donors (Lipinski definition) is 0. The van der Waals surface area contributed by atoms with Crippen molar-refractivity contribution in [3.8, 4) is 0 Å². The zero-order valence-corrected chi connectivity index (χ0v) is 18.7. The Hall–Kier alpha value is -2.00. The molecule has 0 radical (unpaired) electrons. The molecule has 0 N–H and O–H groups in total. The first-order chi connectivity index (χ1) is 13.5. The fourth-order valence-electron chi connectivity index (χ4n) is 2.82. The number of likely N-dealkylation sites (N-methyl/N-ethyl adjacent to an activating group) is 2. The number of nitrogens with zero attached hydrogens (tertiary/aromatic N) is 2. The summed E-state index contributed by atoms with van der Waals surface area (Å²) in [7, 11) is 2.20. The second kappa shape index (κ2) is 9.43. The molecular weight excluding hydrogens is 448 g/mol. The molecule has 30 heavy (non-hydrogen) atoms. The van der Waals surface area contributed by atoms with Crippen LogP contribution in [0.25, 0.3) is 0 Å². The summed E-state index contributed by atoms with van der Waals surface area (Å²) in [4.78, 5) is 37.4. The van der Waals surface area contributed by atoms with Crippen LogP contribution < -0.4 is 0 Å². The van der Waals surface area contributed by atoms with Crippen LogP contribution in [-0.2, 0) is 19.9 Å². The Morgan fingerprint density at radius 1 is 1.10 bits per heavy atom. The van der Waals surface area contributed by atoms with Gasteiger partial charge < -0.3 is 14.4 Å². The van der Waals surface area contributed by atoms with Crippen LogP contribution in [0.1, 0.15) is 32.8 Å². The van der Waals surface area contributed by atoms with Gasteiger partial charge in [-0.25, -0.2) is 4.79 Å². The molecular formula is C19H23Cl2F3N2O4. The molecule has 0 saturated heterocycles. The van der Waals surface area contributed by atoms with Gasteiger partial charge in [0.2, 0.25) is 0 Å². The lowest BCUT2D eigenvalue weighted by Gasteiger charge is -2.43. The van der Waals surface area contributed by atoms with Crippen molar-refractivity contribution >= 4 is 41.5 Å². The molecule has 0 aromatic heterocycles. The largest absolute Gasteiger partial charge is 0.471 e. The van der Waals surface area contributed by atoms with E-state index in [9.17, 15) is 27.6 Å². The number of amides is 2. The van der Waals surface area contributed by atoms with E-state index < -0.39 is 42.3 Å². The van der Waals surface area contributed by atoms with Crippen LogP contribution in [0.5, 0.6) is 0 Å². The third kappa shape index (κ3) is 6.25. The molecule has 1 unspecified atom stereocenters. The Morgan fingerprint density at radius 3 is 2.10 bits per heavy atom. The van der Waals surface area contributed by atoms with Crippen LogP contribution in [-0.4, -0.2) is 60.5 Å². The molecule has 1 aromatic rings. The van der Waals surface area contributed by atoms with Gasteiger partial charge in [0.05, 0.1) is 15.6 Å². The molecule has 0 aliphatic rings. The number of carbonyl (C=O) groups is 3. The van der Waals surface area contributed by atoms with E-state index >= 15 is 0 Å². The van der Waals surface area contributed by atoms with Crippen LogP contribution in [0.2, 0.25) is 10.0 Å². The summed E-state index contributed by atoms with van der Waals surface area (Å²) in [6, 6.07) is 4.14. The second-order valence-electron chi connectivity index (χ2n) is 7.73. The average molecular weight is 471 g/mol. The summed E-state index contributed by atoms with van der Waals surface area (Å²) in [5, 5.41) is 0.229. The lowest BCUT2D eigenvalue weighted by atomic mass is 9.84. The van der Waals surface area contributed by atoms with Crippen molar-refractivity contribution in [3.05, 3.63) is 33.8 Å². The zero-order valence-electron chi connectivity index (χ0n) is 17.1. The fraction of sp³-hybridized carbons (Fsp3) is 0.526. The number of benzene rings is 1. The normalized spacial score (nSPS) is 13.9. The smallest absolute Gasteiger partial charge is 0.444 e. The molecule has 168 valence electrons. The Balaban J connectivity index is 3.60. The third-order valence-corrected chi connectivity index (χ3v) is 5.01. The van der Waals surface area contributed by atoms with E-state index in [1.807, 2.05) is 0 Å². The molecule has 0 fully saturated rings. The highest BCUT2D eigenvalue weighted by molar-refractivity contribution is 6.42. The Labute approximate surface area is 182 Å². The SMILES string of the molecule is CN(CC(CC=O)(c1ccc(Cl)c(Cl)c1)N(C)C(=O)OC(C)(C)C)C(=O)C(F)(F)F. The van der Waals surface area contributed by atoms with Gasteiger partial charge in [-0.05, 0) is 38.5 Å². The zero-order chi connectivity index (χ0) is 23.5. The van der Waals surface area contributed by atoms with Crippen LogP contribution in [0.3, 0.4) is 0 Å². The number of aldehydes is 1. The average Bonchev–Trinajstić information content (AvgIpc) is 2.59. The topological polar surface area (TPSA) is 66.9 Å². The first kappa shape index (κ1) is 26.0. The fourth-order valence-corrected chi connectivity index (χ4v) is 3.12. The van der Waals surface area contributed by atoms with Crippen molar-refractivity contribution in [3.63, 3.8) is 0 Å². The highest BCUT2D eigenvalue weighted by Crippen LogP contribution is 2.37. The van der Waals surface area contributed by atoms with E-state index in [-0.39, 0.29) is 15.6 Å². The van der Waals surface area contributed by atoms with Gasteiger partial charge in [-0.15, -0.1) is 0 Å². The molecule has 0 saturated carbocycles. The third-order valence-electron chi connectivity index (χ3n) is 4.28. The molecule has 0 heterocycles. The predicted octanol–water partition coefficient (Wildman–Crippen LogP) is 4.67. The molecule has 0 aliphatic carbocycles. The van der Waals surface area contributed by atoms with Gasteiger partial charge in [-0.3, -0.25) is 9.69 Å². The van der Waals surface area contributed by atoms with Crippen molar-refractivity contribution in [1.82, 2.24) is 9.80 Å². The molecule has 1 atom stereocenters. The van der Waals surface area contributed by atoms with Crippen molar-refractivity contribution in [2.24, 2.45) is 0 Å². The van der Waals surface area contributed by atoms with E-state index in [1.54, 1.807) is 20.8 Å². The molecule has 11 heteroatoms. The summed E-state index contributed by atoms with van der Waals surface area (Å²) in [5.74, 6) is -2.13.